The third-order valence-corrected chi connectivity index (χ3v) is 7.27. The molecule has 1 N–H and O–H groups in total. The minimum absolute atomic E-state index is 0.217. The highest BCUT2D eigenvalue weighted by atomic mass is 79.9. The van der Waals surface area contributed by atoms with Gasteiger partial charge in [0.1, 0.15) is 10.3 Å². The Kier molecular flexibility index (Phi) is 5.38. The molecule has 2 heterocycles. The predicted molar refractivity (Wildman–Crippen MR) is 86.0 cm³/mol. The van der Waals surface area contributed by atoms with Gasteiger partial charge < -0.3 is 4.74 Å². The van der Waals surface area contributed by atoms with Crippen LogP contribution in [-0.2, 0) is 14.8 Å². The molecule has 110 valence electrons. The highest BCUT2D eigenvalue weighted by Crippen LogP contribution is 2.27. The molecule has 0 bridgehead atoms. The maximum Gasteiger partial charge on any atom is 0.250 e. The molecule has 0 saturated carbocycles. The van der Waals surface area contributed by atoms with Gasteiger partial charge in [0.05, 0.1) is 3.79 Å². The van der Waals surface area contributed by atoms with Crippen molar-refractivity contribution in [1.82, 2.24) is 4.72 Å². The Morgan fingerprint density at radius 1 is 1.30 bits per heavy atom. The van der Waals surface area contributed by atoms with E-state index in [4.69, 9.17) is 4.74 Å². The molecule has 0 unspecified atom stereocenters. The predicted octanol–water partition coefficient (Wildman–Crippen LogP) is 3.55. The zero-order valence-electron chi connectivity index (χ0n) is 10.9. The first-order chi connectivity index (χ1) is 9.42. The van der Waals surface area contributed by atoms with Crippen LogP contribution in [0.15, 0.2) is 32.3 Å². The van der Waals surface area contributed by atoms with E-state index in [1.165, 1.54) is 16.2 Å². The lowest BCUT2D eigenvalue weighted by atomic mass is 10.3. The molecule has 2 aromatic rings. The number of sulfonamides is 1. The van der Waals surface area contributed by atoms with Gasteiger partial charge in [-0.25, -0.2) is 13.1 Å². The number of ether oxygens (including phenoxy) is 1. The summed E-state index contributed by atoms with van der Waals surface area (Å²) in [6, 6.07) is 7.25. The molecule has 0 radical (unpaired) electrons. The van der Waals surface area contributed by atoms with E-state index in [0.717, 1.165) is 8.66 Å². The van der Waals surface area contributed by atoms with Crippen molar-refractivity contribution in [3.63, 3.8) is 0 Å². The second kappa shape index (κ2) is 6.67. The number of rotatable bonds is 6. The summed E-state index contributed by atoms with van der Waals surface area (Å²) in [6.07, 6.45) is -0.271. The first-order valence-corrected chi connectivity index (χ1v) is 9.67. The van der Waals surface area contributed by atoms with E-state index < -0.39 is 10.0 Å². The molecule has 20 heavy (non-hydrogen) atoms. The monoisotopic (exact) mass is 395 g/mol. The molecule has 2 aromatic heterocycles. The number of halogens is 1. The fraction of sp³-hybridized carbons (Fsp3) is 0.333. The fourth-order valence-corrected chi connectivity index (χ4v) is 5.67. The molecule has 2 rings (SSSR count). The van der Waals surface area contributed by atoms with Gasteiger partial charge in [-0.05, 0) is 47.1 Å². The summed E-state index contributed by atoms with van der Waals surface area (Å²) in [6.45, 7) is 2.22. The molecular formula is C12H14BrNO3S3. The first-order valence-electron chi connectivity index (χ1n) is 5.76. The van der Waals surface area contributed by atoms with E-state index in [0.29, 0.717) is 4.21 Å². The quantitative estimate of drug-likeness (QED) is 0.813. The molecule has 0 fully saturated rings. The summed E-state index contributed by atoms with van der Waals surface area (Å²) in [5.41, 5.74) is 0. The summed E-state index contributed by atoms with van der Waals surface area (Å²) in [4.78, 5) is 2.19. The average molecular weight is 396 g/mol. The van der Waals surface area contributed by atoms with E-state index in [9.17, 15) is 8.42 Å². The minimum atomic E-state index is -3.48. The summed E-state index contributed by atoms with van der Waals surface area (Å²) >= 11 is 6.05. The lowest BCUT2D eigenvalue weighted by Crippen LogP contribution is -2.28. The Morgan fingerprint density at radius 2 is 2.05 bits per heavy atom. The van der Waals surface area contributed by atoms with Gasteiger partial charge >= 0.3 is 0 Å². The Balaban J connectivity index is 2.06. The van der Waals surface area contributed by atoms with Crippen molar-refractivity contribution < 1.29 is 13.2 Å². The number of hydrogen-bond donors (Lipinski definition) is 1. The van der Waals surface area contributed by atoms with Crippen molar-refractivity contribution >= 4 is 48.6 Å². The van der Waals surface area contributed by atoms with Gasteiger partial charge in [-0.1, -0.05) is 0 Å². The molecule has 1 atom stereocenters. The minimum Gasteiger partial charge on any atom is -0.375 e. The number of hydrogen-bond acceptors (Lipinski definition) is 5. The van der Waals surface area contributed by atoms with Gasteiger partial charge in [-0.15, -0.1) is 22.7 Å². The Bertz CT molecular complexity index is 678. The van der Waals surface area contributed by atoms with Crippen molar-refractivity contribution in [3.8, 4) is 0 Å². The zero-order chi connectivity index (χ0) is 14.8. The maximum absolute atomic E-state index is 12.1. The molecule has 8 heteroatoms. The molecule has 0 aliphatic carbocycles. The van der Waals surface area contributed by atoms with E-state index in [-0.39, 0.29) is 12.6 Å². The van der Waals surface area contributed by atoms with Crippen molar-refractivity contribution in [2.75, 3.05) is 13.7 Å². The van der Waals surface area contributed by atoms with Crippen LogP contribution in [-0.4, -0.2) is 22.1 Å². The van der Waals surface area contributed by atoms with E-state index in [1.807, 2.05) is 19.1 Å². The van der Waals surface area contributed by atoms with Gasteiger partial charge in [0, 0.05) is 23.4 Å². The molecule has 0 spiro atoms. The van der Waals surface area contributed by atoms with Crippen LogP contribution in [0.2, 0.25) is 0 Å². The highest BCUT2D eigenvalue weighted by molar-refractivity contribution is 9.11. The lowest BCUT2D eigenvalue weighted by Gasteiger charge is -2.14. The van der Waals surface area contributed by atoms with Gasteiger partial charge in [0.25, 0.3) is 0 Å². The van der Waals surface area contributed by atoms with Crippen LogP contribution in [0.1, 0.15) is 15.9 Å². The highest BCUT2D eigenvalue weighted by Gasteiger charge is 2.20. The van der Waals surface area contributed by atoms with E-state index in [1.54, 1.807) is 30.6 Å². The van der Waals surface area contributed by atoms with Crippen LogP contribution in [0.3, 0.4) is 0 Å². The molecule has 4 nitrogen and oxygen atoms in total. The first kappa shape index (κ1) is 16.1. The Labute approximate surface area is 135 Å². The van der Waals surface area contributed by atoms with Crippen molar-refractivity contribution in [1.29, 1.82) is 0 Å². The topological polar surface area (TPSA) is 55.4 Å². The Hall–Kier alpha value is -0.250. The normalized spacial score (nSPS) is 13.6. The zero-order valence-corrected chi connectivity index (χ0v) is 15.0. The Morgan fingerprint density at radius 3 is 2.55 bits per heavy atom. The number of methoxy groups -OCH3 is 1. The van der Waals surface area contributed by atoms with Gasteiger partial charge in [0.15, 0.2) is 0 Å². The van der Waals surface area contributed by atoms with Crippen molar-refractivity contribution in [2.45, 2.75) is 17.2 Å². The number of aryl methyl sites for hydroxylation is 1. The van der Waals surface area contributed by atoms with Crippen molar-refractivity contribution in [2.24, 2.45) is 0 Å². The van der Waals surface area contributed by atoms with Crippen LogP contribution in [0.25, 0.3) is 0 Å². The molecular weight excluding hydrogens is 382 g/mol. The molecule has 0 amide bonds. The summed E-state index contributed by atoms with van der Waals surface area (Å²) in [5, 5.41) is 0. The summed E-state index contributed by atoms with van der Waals surface area (Å²) in [5.74, 6) is 0. The second-order valence-corrected chi connectivity index (χ2v) is 9.86. The average Bonchev–Trinajstić information content (AvgIpc) is 2.99. The van der Waals surface area contributed by atoms with Crippen LogP contribution in [0.5, 0.6) is 0 Å². The third kappa shape index (κ3) is 3.90. The van der Waals surface area contributed by atoms with Crippen LogP contribution in [0.4, 0.5) is 0 Å². The summed E-state index contributed by atoms with van der Waals surface area (Å²) in [7, 11) is -1.90. The fourth-order valence-electron chi connectivity index (χ4n) is 1.63. The van der Waals surface area contributed by atoms with E-state index >= 15 is 0 Å². The largest absolute Gasteiger partial charge is 0.375 e. The molecule has 0 aliphatic heterocycles. The van der Waals surface area contributed by atoms with E-state index in [2.05, 4.69) is 20.7 Å². The molecule has 0 saturated heterocycles. The van der Waals surface area contributed by atoms with Gasteiger partial charge in [0.2, 0.25) is 10.0 Å². The smallest absolute Gasteiger partial charge is 0.250 e. The summed E-state index contributed by atoms with van der Waals surface area (Å²) < 4.78 is 33.3. The van der Waals surface area contributed by atoms with Gasteiger partial charge in [-0.2, -0.15) is 0 Å². The van der Waals surface area contributed by atoms with Crippen LogP contribution >= 0.6 is 38.6 Å². The molecule has 0 aromatic carbocycles. The number of thiophene rings is 2. The van der Waals surface area contributed by atoms with Gasteiger partial charge in [-0.3, -0.25) is 0 Å². The van der Waals surface area contributed by atoms with Crippen LogP contribution in [0, 0.1) is 6.92 Å². The standard InChI is InChI=1S/C12H14BrNO3S3/c1-8-3-4-10(18-8)9(17-2)7-14-20(15,16)12-6-5-11(13)19-12/h3-6,9,14H,7H2,1-2H3/t9-/m1/s1. The third-order valence-electron chi connectivity index (χ3n) is 2.64. The SMILES string of the molecule is CO[C@H](CNS(=O)(=O)c1ccc(Br)s1)c1ccc(C)s1. The lowest BCUT2D eigenvalue weighted by molar-refractivity contribution is 0.110. The number of nitrogens with one attached hydrogen (secondary N) is 1. The molecule has 0 aliphatic rings. The maximum atomic E-state index is 12.1. The van der Waals surface area contributed by atoms with Crippen LogP contribution < -0.4 is 4.72 Å². The van der Waals surface area contributed by atoms with Crippen molar-refractivity contribution in [3.05, 3.63) is 37.8 Å². The second-order valence-electron chi connectivity index (χ2n) is 4.08.